The number of nitrogens with zero attached hydrogens (tertiary/aromatic N) is 1. The fourth-order valence-corrected chi connectivity index (χ4v) is 1.85. The third-order valence-corrected chi connectivity index (χ3v) is 3.11. The third kappa shape index (κ3) is 3.29. The van der Waals surface area contributed by atoms with Gasteiger partial charge in [0.05, 0.1) is 5.69 Å². The Kier molecular flexibility index (Phi) is 4.12. The summed E-state index contributed by atoms with van der Waals surface area (Å²) in [6.45, 7) is 8.29. The molecule has 0 radical (unpaired) electrons. The number of amides is 1. The second-order valence-corrected chi connectivity index (χ2v) is 4.71. The second-order valence-electron chi connectivity index (χ2n) is 4.71. The molecule has 0 bridgehead atoms. The maximum atomic E-state index is 11.7. The average Bonchev–Trinajstić information content (AvgIpc) is 3.23. The van der Waals surface area contributed by atoms with Crippen molar-refractivity contribution < 1.29 is 4.79 Å². The molecule has 1 aromatic heterocycles. The van der Waals surface area contributed by atoms with Gasteiger partial charge in [0.25, 0.3) is 0 Å². The number of carbonyl (C=O) groups is 1. The van der Waals surface area contributed by atoms with E-state index in [2.05, 4.69) is 28.8 Å². The van der Waals surface area contributed by atoms with Crippen molar-refractivity contribution in [2.75, 3.05) is 12.4 Å². The van der Waals surface area contributed by atoms with Crippen LogP contribution in [0.15, 0.2) is 31.4 Å². The van der Waals surface area contributed by atoms with Gasteiger partial charge in [0.1, 0.15) is 5.82 Å². The highest BCUT2D eigenvalue weighted by atomic mass is 16.2. The van der Waals surface area contributed by atoms with Crippen LogP contribution >= 0.6 is 0 Å². The van der Waals surface area contributed by atoms with E-state index < -0.39 is 0 Å². The minimum Gasteiger partial charge on any atom is -0.314 e. The molecule has 2 rings (SSSR count). The number of aromatic nitrogens is 1. The van der Waals surface area contributed by atoms with Crippen molar-refractivity contribution >= 4 is 17.3 Å². The van der Waals surface area contributed by atoms with E-state index in [0.29, 0.717) is 12.4 Å². The first-order chi connectivity index (χ1) is 9.15. The predicted molar refractivity (Wildman–Crippen MR) is 77.6 cm³/mol. The Morgan fingerprint density at radius 3 is 2.84 bits per heavy atom. The first kappa shape index (κ1) is 13.5. The van der Waals surface area contributed by atoms with E-state index in [4.69, 9.17) is 0 Å². The Morgan fingerprint density at radius 1 is 1.53 bits per heavy atom. The van der Waals surface area contributed by atoms with Crippen LogP contribution in [-0.4, -0.2) is 17.9 Å². The van der Waals surface area contributed by atoms with Crippen molar-refractivity contribution in [1.29, 1.82) is 0 Å². The summed E-state index contributed by atoms with van der Waals surface area (Å²) in [5, 5.41) is 5.92. The number of pyridine rings is 1. The van der Waals surface area contributed by atoms with Crippen molar-refractivity contribution in [3.63, 3.8) is 0 Å². The van der Waals surface area contributed by atoms with Gasteiger partial charge in [0.15, 0.2) is 0 Å². The molecular formula is C15H19N3O. The third-order valence-electron chi connectivity index (χ3n) is 3.11. The Labute approximate surface area is 113 Å². The lowest BCUT2D eigenvalue weighted by Gasteiger charge is -2.11. The van der Waals surface area contributed by atoms with E-state index in [-0.39, 0.29) is 11.8 Å². The maximum Gasteiger partial charge on any atom is 0.228 e. The Hall–Kier alpha value is -1.94. The fourth-order valence-electron chi connectivity index (χ4n) is 1.85. The Balaban J connectivity index is 2.21. The molecule has 0 atom stereocenters. The van der Waals surface area contributed by atoms with Crippen LogP contribution in [-0.2, 0) is 11.3 Å². The molecule has 1 fully saturated rings. The smallest absolute Gasteiger partial charge is 0.228 e. The largest absolute Gasteiger partial charge is 0.314 e. The molecule has 1 aliphatic carbocycles. The van der Waals surface area contributed by atoms with Gasteiger partial charge >= 0.3 is 0 Å². The van der Waals surface area contributed by atoms with E-state index in [1.165, 1.54) is 0 Å². The van der Waals surface area contributed by atoms with Crippen LogP contribution in [0.3, 0.4) is 0 Å². The highest BCUT2D eigenvalue weighted by molar-refractivity contribution is 5.93. The quantitative estimate of drug-likeness (QED) is 0.769. The highest BCUT2D eigenvalue weighted by Gasteiger charge is 2.29. The van der Waals surface area contributed by atoms with Crippen molar-refractivity contribution in [3.8, 4) is 0 Å². The zero-order valence-electron chi connectivity index (χ0n) is 11.2. The number of nitrogens with one attached hydrogen (secondary N) is 2. The number of allylic oxidation sites excluding steroid dienone is 2. The summed E-state index contributed by atoms with van der Waals surface area (Å²) in [5.74, 6) is 0.846. The Bertz CT molecular complexity index is 518. The molecule has 2 N–H and O–H groups in total. The van der Waals surface area contributed by atoms with Gasteiger partial charge in [-0.25, -0.2) is 4.98 Å². The SMILES string of the molecule is C=CC(=C)c1ccc(NC(=O)C2CC2)nc1CNC. The minimum atomic E-state index is 0.0678. The molecule has 4 heteroatoms. The molecule has 0 saturated heterocycles. The average molecular weight is 257 g/mol. The van der Waals surface area contributed by atoms with Gasteiger partial charge in [0, 0.05) is 18.0 Å². The first-order valence-corrected chi connectivity index (χ1v) is 6.42. The van der Waals surface area contributed by atoms with Gasteiger partial charge < -0.3 is 10.6 Å². The van der Waals surface area contributed by atoms with Gasteiger partial charge in [-0.2, -0.15) is 0 Å². The molecule has 0 aliphatic heterocycles. The van der Waals surface area contributed by atoms with Crippen LogP contribution in [0.1, 0.15) is 24.1 Å². The van der Waals surface area contributed by atoms with Crippen LogP contribution < -0.4 is 10.6 Å². The lowest BCUT2D eigenvalue weighted by atomic mass is 10.1. The molecule has 0 aromatic carbocycles. The van der Waals surface area contributed by atoms with Crippen LogP contribution in [0.2, 0.25) is 0 Å². The van der Waals surface area contributed by atoms with Gasteiger partial charge in [-0.3, -0.25) is 4.79 Å². The molecule has 19 heavy (non-hydrogen) atoms. The monoisotopic (exact) mass is 257 g/mol. The van der Waals surface area contributed by atoms with Crippen LogP contribution in [0.4, 0.5) is 5.82 Å². The molecular weight excluding hydrogens is 238 g/mol. The van der Waals surface area contributed by atoms with Crippen molar-refractivity contribution in [2.24, 2.45) is 5.92 Å². The number of hydrogen-bond donors (Lipinski definition) is 2. The summed E-state index contributed by atoms with van der Waals surface area (Å²) >= 11 is 0. The normalized spacial score (nSPS) is 13.9. The van der Waals surface area contributed by atoms with E-state index in [0.717, 1.165) is 29.7 Å². The molecule has 4 nitrogen and oxygen atoms in total. The van der Waals surface area contributed by atoms with Crippen LogP contribution in [0.5, 0.6) is 0 Å². The molecule has 0 unspecified atom stereocenters. The summed E-state index contributed by atoms with van der Waals surface area (Å²) in [5.41, 5.74) is 2.65. The van der Waals surface area contributed by atoms with Gasteiger partial charge in [0.2, 0.25) is 5.91 Å². The molecule has 1 aliphatic rings. The Morgan fingerprint density at radius 2 is 2.26 bits per heavy atom. The summed E-state index contributed by atoms with van der Waals surface area (Å²) < 4.78 is 0. The lowest BCUT2D eigenvalue weighted by molar-refractivity contribution is -0.117. The standard InChI is InChI=1S/C15H19N3O/c1-4-10(2)12-7-8-14(17-13(12)9-16-3)18-15(19)11-5-6-11/h4,7-8,11,16H,1-2,5-6,9H2,3H3,(H,17,18,19). The van der Waals surface area contributed by atoms with Gasteiger partial charge in [-0.15, -0.1) is 0 Å². The molecule has 1 saturated carbocycles. The molecule has 0 spiro atoms. The number of anilines is 1. The number of hydrogen-bond acceptors (Lipinski definition) is 3. The van der Waals surface area contributed by atoms with Gasteiger partial charge in [-0.1, -0.05) is 19.2 Å². The van der Waals surface area contributed by atoms with E-state index in [9.17, 15) is 4.79 Å². The van der Waals surface area contributed by atoms with E-state index in [1.54, 1.807) is 6.08 Å². The maximum absolute atomic E-state index is 11.7. The summed E-state index contributed by atoms with van der Waals surface area (Å²) in [4.78, 5) is 16.2. The summed E-state index contributed by atoms with van der Waals surface area (Å²) in [6, 6.07) is 3.73. The summed E-state index contributed by atoms with van der Waals surface area (Å²) in [7, 11) is 1.86. The fraction of sp³-hybridized carbons (Fsp3) is 0.333. The van der Waals surface area contributed by atoms with Crippen LogP contribution in [0.25, 0.3) is 5.57 Å². The number of carbonyl (C=O) groups excluding carboxylic acids is 1. The zero-order valence-corrected chi connectivity index (χ0v) is 11.2. The molecule has 100 valence electrons. The van der Waals surface area contributed by atoms with E-state index >= 15 is 0 Å². The second kappa shape index (κ2) is 5.80. The zero-order chi connectivity index (χ0) is 13.8. The minimum absolute atomic E-state index is 0.0678. The lowest BCUT2D eigenvalue weighted by Crippen LogP contribution is -2.16. The van der Waals surface area contributed by atoms with Gasteiger partial charge in [-0.05, 0) is 37.6 Å². The van der Waals surface area contributed by atoms with Crippen molar-refractivity contribution in [3.05, 3.63) is 42.6 Å². The van der Waals surface area contributed by atoms with Crippen molar-refractivity contribution in [1.82, 2.24) is 10.3 Å². The summed E-state index contributed by atoms with van der Waals surface area (Å²) in [6.07, 6.45) is 3.68. The van der Waals surface area contributed by atoms with E-state index in [1.807, 2.05) is 19.2 Å². The first-order valence-electron chi connectivity index (χ1n) is 6.42. The topological polar surface area (TPSA) is 54.0 Å². The van der Waals surface area contributed by atoms with Crippen LogP contribution in [0, 0.1) is 5.92 Å². The molecule has 1 heterocycles. The highest BCUT2D eigenvalue weighted by Crippen LogP contribution is 2.30. The molecule has 1 aromatic rings. The van der Waals surface area contributed by atoms with Crippen molar-refractivity contribution in [2.45, 2.75) is 19.4 Å². The molecule has 1 amide bonds. The predicted octanol–water partition coefficient (Wildman–Crippen LogP) is 2.35. The number of rotatable bonds is 6.